The van der Waals surface area contributed by atoms with E-state index >= 15 is 0 Å². The highest BCUT2D eigenvalue weighted by atomic mass is 16.5. The van der Waals surface area contributed by atoms with Crippen molar-refractivity contribution in [3.8, 4) is 0 Å². The van der Waals surface area contributed by atoms with Crippen LogP contribution in [0.1, 0.15) is 12.2 Å². The Morgan fingerprint density at radius 2 is 2.41 bits per heavy atom. The Balaban J connectivity index is 1.90. The number of hydrogen-bond acceptors (Lipinski definition) is 4. The Bertz CT molecular complexity index is 383. The monoisotopic (exact) mass is 238 g/mol. The van der Waals surface area contributed by atoms with Crippen LogP contribution in [0.5, 0.6) is 0 Å². The summed E-state index contributed by atoms with van der Waals surface area (Å²) in [6, 6.07) is 3.64. The van der Waals surface area contributed by atoms with Crippen molar-refractivity contribution in [2.45, 2.75) is 19.4 Å². The first-order valence-electron chi connectivity index (χ1n) is 5.82. The molecular formula is C12H18N2O3. The number of anilines is 1. The van der Waals surface area contributed by atoms with Gasteiger partial charge in [-0.05, 0) is 13.0 Å². The first kappa shape index (κ1) is 12.1. The van der Waals surface area contributed by atoms with Crippen LogP contribution in [0, 0.1) is 6.92 Å². The van der Waals surface area contributed by atoms with Crippen LogP contribution in [-0.4, -0.2) is 38.8 Å². The number of nitrogens with zero attached hydrogens (tertiary/aromatic N) is 1. The third kappa shape index (κ3) is 3.08. The standard InChI is InChI=1S/C12H18N2O3/c1-9-3-4-12(17-9)14(2)11(15)7-10-8-13-5-6-16-10/h3-4,10,13H,5-8H2,1-2H3. The molecule has 5 heteroatoms. The van der Waals surface area contributed by atoms with E-state index in [2.05, 4.69) is 5.32 Å². The smallest absolute Gasteiger partial charge is 0.231 e. The van der Waals surface area contributed by atoms with E-state index in [1.165, 1.54) is 4.90 Å². The third-order valence-electron chi connectivity index (χ3n) is 2.84. The summed E-state index contributed by atoms with van der Waals surface area (Å²) < 4.78 is 10.9. The molecule has 1 aromatic heterocycles. The van der Waals surface area contributed by atoms with Crippen molar-refractivity contribution in [3.63, 3.8) is 0 Å². The van der Waals surface area contributed by atoms with Crippen LogP contribution in [0.3, 0.4) is 0 Å². The Hall–Kier alpha value is -1.33. The van der Waals surface area contributed by atoms with E-state index in [0.29, 0.717) is 18.9 Å². The molecule has 1 aliphatic heterocycles. The molecule has 5 nitrogen and oxygen atoms in total. The summed E-state index contributed by atoms with van der Waals surface area (Å²) in [7, 11) is 1.72. The molecule has 0 spiro atoms. The Labute approximate surface area is 101 Å². The zero-order valence-electron chi connectivity index (χ0n) is 10.2. The maximum atomic E-state index is 12.0. The van der Waals surface area contributed by atoms with E-state index in [9.17, 15) is 4.79 Å². The summed E-state index contributed by atoms with van der Waals surface area (Å²) in [4.78, 5) is 13.5. The van der Waals surface area contributed by atoms with Crippen molar-refractivity contribution in [3.05, 3.63) is 17.9 Å². The van der Waals surface area contributed by atoms with Gasteiger partial charge in [-0.3, -0.25) is 9.69 Å². The first-order chi connectivity index (χ1) is 8.16. The van der Waals surface area contributed by atoms with Gasteiger partial charge in [-0.25, -0.2) is 0 Å². The minimum atomic E-state index is -0.0326. The fourth-order valence-corrected chi connectivity index (χ4v) is 1.81. The Morgan fingerprint density at radius 3 is 3.00 bits per heavy atom. The SMILES string of the molecule is Cc1ccc(N(C)C(=O)CC2CNCCO2)o1. The maximum Gasteiger partial charge on any atom is 0.231 e. The lowest BCUT2D eigenvalue weighted by atomic mass is 10.2. The highest BCUT2D eigenvalue weighted by molar-refractivity contribution is 5.91. The highest BCUT2D eigenvalue weighted by Gasteiger charge is 2.21. The van der Waals surface area contributed by atoms with Gasteiger partial charge in [0.25, 0.3) is 0 Å². The largest absolute Gasteiger partial charge is 0.445 e. The molecule has 2 rings (SSSR count). The second-order valence-electron chi connectivity index (χ2n) is 4.24. The number of morpholine rings is 1. The molecule has 1 atom stereocenters. The number of hydrogen-bond donors (Lipinski definition) is 1. The summed E-state index contributed by atoms with van der Waals surface area (Å²) in [5.74, 6) is 1.39. The summed E-state index contributed by atoms with van der Waals surface area (Å²) in [5.41, 5.74) is 0. The second-order valence-corrected chi connectivity index (χ2v) is 4.24. The molecule has 1 aromatic rings. The summed E-state index contributed by atoms with van der Waals surface area (Å²) in [5, 5.41) is 3.20. The van der Waals surface area contributed by atoms with Crippen LogP contribution in [0.4, 0.5) is 5.88 Å². The molecule has 0 radical (unpaired) electrons. The molecule has 17 heavy (non-hydrogen) atoms. The molecule has 94 valence electrons. The predicted octanol–water partition coefficient (Wildman–Crippen LogP) is 0.929. The lowest BCUT2D eigenvalue weighted by Crippen LogP contribution is -2.41. The van der Waals surface area contributed by atoms with Gasteiger partial charge in [0.15, 0.2) is 0 Å². The number of carbonyl (C=O) groups is 1. The molecule has 0 bridgehead atoms. The zero-order valence-corrected chi connectivity index (χ0v) is 10.2. The van der Waals surface area contributed by atoms with Crippen LogP contribution < -0.4 is 10.2 Å². The number of nitrogens with one attached hydrogen (secondary N) is 1. The van der Waals surface area contributed by atoms with Crippen LogP contribution in [-0.2, 0) is 9.53 Å². The van der Waals surface area contributed by atoms with Gasteiger partial charge in [0.1, 0.15) is 5.76 Å². The fourth-order valence-electron chi connectivity index (χ4n) is 1.81. The number of aryl methyl sites for hydroxylation is 1. The molecule has 1 unspecified atom stereocenters. The van der Waals surface area contributed by atoms with E-state index in [0.717, 1.165) is 18.8 Å². The number of furan rings is 1. The quantitative estimate of drug-likeness (QED) is 0.851. The maximum absolute atomic E-state index is 12.0. The molecule has 0 saturated carbocycles. The van der Waals surface area contributed by atoms with Crippen LogP contribution in [0.2, 0.25) is 0 Å². The van der Waals surface area contributed by atoms with Gasteiger partial charge in [0.05, 0.1) is 19.1 Å². The first-order valence-corrected chi connectivity index (χ1v) is 5.82. The summed E-state index contributed by atoms with van der Waals surface area (Å²) >= 11 is 0. The highest BCUT2D eigenvalue weighted by Crippen LogP contribution is 2.18. The van der Waals surface area contributed by atoms with Gasteiger partial charge >= 0.3 is 0 Å². The molecule has 0 aliphatic carbocycles. The van der Waals surface area contributed by atoms with Crippen LogP contribution in [0.25, 0.3) is 0 Å². The van der Waals surface area contributed by atoms with Gasteiger partial charge in [0, 0.05) is 26.2 Å². The molecule has 1 fully saturated rings. The summed E-state index contributed by atoms with van der Waals surface area (Å²) in [6.07, 6.45) is 0.346. The summed E-state index contributed by atoms with van der Waals surface area (Å²) in [6.45, 7) is 4.12. The lowest BCUT2D eigenvalue weighted by molar-refractivity contribution is -0.121. The molecule has 1 saturated heterocycles. The second kappa shape index (κ2) is 5.33. The number of rotatable bonds is 3. The fraction of sp³-hybridized carbons (Fsp3) is 0.583. The molecule has 1 N–H and O–H groups in total. The van der Waals surface area contributed by atoms with Crippen molar-refractivity contribution in [2.75, 3.05) is 31.6 Å². The molecule has 2 heterocycles. The third-order valence-corrected chi connectivity index (χ3v) is 2.84. The van der Waals surface area contributed by atoms with E-state index in [4.69, 9.17) is 9.15 Å². The van der Waals surface area contributed by atoms with Crippen molar-refractivity contribution in [1.82, 2.24) is 5.32 Å². The minimum absolute atomic E-state index is 0.00745. The average Bonchev–Trinajstić information content (AvgIpc) is 2.76. The predicted molar refractivity (Wildman–Crippen MR) is 64.1 cm³/mol. The molecule has 1 aliphatic rings. The Morgan fingerprint density at radius 1 is 1.59 bits per heavy atom. The number of amides is 1. The normalized spacial score (nSPS) is 20.2. The van der Waals surface area contributed by atoms with Gasteiger partial charge in [-0.1, -0.05) is 0 Å². The molecule has 1 amide bonds. The van der Waals surface area contributed by atoms with E-state index in [1.54, 1.807) is 13.1 Å². The average molecular weight is 238 g/mol. The van der Waals surface area contributed by atoms with Crippen molar-refractivity contribution < 1.29 is 13.9 Å². The van der Waals surface area contributed by atoms with Crippen LogP contribution >= 0.6 is 0 Å². The van der Waals surface area contributed by atoms with Gasteiger partial charge in [-0.2, -0.15) is 0 Å². The molecule has 0 aromatic carbocycles. The Kier molecular flexibility index (Phi) is 3.81. The van der Waals surface area contributed by atoms with Crippen molar-refractivity contribution >= 4 is 11.8 Å². The molecular weight excluding hydrogens is 220 g/mol. The van der Waals surface area contributed by atoms with E-state index in [1.807, 2.05) is 13.0 Å². The van der Waals surface area contributed by atoms with Crippen molar-refractivity contribution in [1.29, 1.82) is 0 Å². The zero-order chi connectivity index (χ0) is 12.3. The lowest BCUT2D eigenvalue weighted by Gasteiger charge is -2.24. The number of ether oxygens (including phenoxy) is 1. The minimum Gasteiger partial charge on any atom is -0.445 e. The van der Waals surface area contributed by atoms with Gasteiger partial charge in [0.2, 0.25) is 11.8 Å². The van der Waals surface area contributed by atoms with E-state index < -0.39 is 0 Å². The van der Waals surface area contributed by atoms with Crippen LogP contribution in [0.15, 0.2) is 16.5 Å². The van der Waals surface area contributed by atoms with E-state index in [-0.39, 0.29) is 12.0 Å². The van der Waals surface area contributed by atoms with Crippen molar-refractivity contribution in [2.24, 2.45) is 0 Å². The topological polar surface area (TPSA) is 54.7 Å². The van der Waals surface area contributed by atoms with Gasteiger partial charge in [-0.15, -0.1) is 0 Å². The number of carbonyl (C=O) groups excluding carboxylic acids is 1. The van der Waals surface area contributed by atoms with Gasteiger partial charge < -0.3 is 14.5 Å².